The lowest BCUT2D eigenvalue weighted by Gasteiger charge is -2.18. The molecule has 1 aliphatic carbocycles. The van der Waals surface area contributed by atoms with E-state index in [9.17, 15) is 8.42 Å². The first-order valence-corrected chi connectivity index (χ1v) is 12.3. The Bertz CT molecular complexity index is 1120. The van der Waals surface area contributed by atoms with E-state index in [0.29, 0.717) is 11.4 Å². The van der Waals surface area contributed by atoms with Crippen LogP contribution in [0.1, 0.15) is 58.2 Å². The van der Waals surface area contributed by atoms with E-state index in [4.69, 9.17) is 5.10 Å². The van der Waals surface area contributed by atoms with Crippen LogP contribution in [0.3, 0.4) is 0 Å². The molecule has 1 aliphatic rings. The molecule has 0 saturated heterocycles. The molecule has 0 radical (unpaired) electrons. The number of nitrogens with one attached hydrogen (secondary N) is 2. The van der Waals surface area contributed by atoms with Crippen LogP contribution in [-0.2, 0) is 15.4 Å². The topological polar surface area (TPSA) is 76.0 Å². The van der Waals surface area contributed by atoms with Crippen molar-refractivity contribution in [3.63, 3.8) is 0 Å². The summed E-state index contributed by atoms with van der Waals surface area (Å²) in [6.45, 7) is 5.99. The van der Waals surface area contributed by atoms with Crippen LogP contribution in [0.15, 0.2) is 65.7 Å². The zero-order valence-corrected chi connectivity index (χ0v) is 19.1. The van der Waals surface area contributed by atoms with Gasteiger partial charge in [0.25, 0.3) is 10.0 Å². The Morgan fingerprint density at radius 2 is 1.48 bits per heavy atom. The molecule has 7 heteroatoms. The quantitative estimate of drug-likeness (QED) is 0.507. The van der Waals surface area contributed by atoms with E-state index in [1.807, 2.05) is 67.9 Å². The van der Waals surface area contributed by atoms with Crippen LogP contribution in [0, 0.1) is 0 Å². The minimum Gasteiger partial charge on any atom is -0.356 e. The Morgan fingerprint density at radius 1 is 0.903 bits per heavy atom. The second-order valence-electron chi connectivity index (χ2n) is 9.18. The van der Waals surface area contributed by atoms with Gasteiger partial charge in [-0.05, 0) is 49.2 Å². The minimum atomic E-state index is -3.76. The van der Waals surface area contributed by atoms with Crippen molar-refractivity contribution in [2.75, 3.05) is 10.0 Å². The highest BCUT2D eigenvalue weighted by molar-refractivity contribution is 7.92. The summed E-state index contributed by atoms with van der Waals surface area (Å²) in [7, 11) is -3.76. The van der Waals surface area contributed by atoms with E-state index in [-0.39, 0.29) is 16.4 Å². The van der Waals surface area contributed by atoms with Gasteiger partial charge < -0.3 is 5.32 Å². The van der Waals surface area contributed by atoms with Crippen LogP contribution >= 0.6 is 0 Å². The van der Waals surface area contributed by atoms with Gasteiger partial charge in [-0.1, -0.05) is 51.8 Å². The van der Waals surface area contributed by atoms with Crippen molar-refractivity contribution in [2.45, 2.75) is 62.8 Å². The number of nitrogens with zero attached hydrogens (tertiary/aromatic N) is 2. The number of hydrogen-bond donors (Lipinski definition) is 2. The standard InChI is InChI=1S/C24H30N4O2S/c1-24(2,3)23-22(17-28(26-23)21-11-7-8-12-21)31(29,30)27-20-15-13-19(14-16-20)25-18-9-5-4-6-10-18/h4-6,9-10,13-17,21,25,27H,7-8,11-12H2,1-3H3. The Morgan fingerprint density at radius 3 is 2.10 bits per heavy atom. The molecule has 0 atom stereocenters. The molecule has 1 saturated carbocycles. The van der Waals surface area contributed by atoms with Gasteiger partial charge in [-0.3, -0.25) is 9.40 Å². The third kappa shape index (κ3) is 4.93. The molecule has 6 nitrogen and oxygen atoms in total. The molecule has 0 aliphatic heterocycles. The van der Waals surface area contributed by atoms with Crippen molar-refractivity contribution in [2.24, 2.45) is 0 Å². The molecule has 0 amide bonds. The molecular formula is C24H30N4O2S. The Hall–Kier alpha value is -2.80. The molecule has 164 valence electrons. The zero-order valence-electron chi connectivity index (χ0n) is 18.3. The van der Waals surface area contributed by atoms with Crippen molar-refractivity contribution in [1.82, 2.24) is 9.78 Å². The Kier molecular flexibility index (Phi) is 5.79. The highest BCUT2D eigenvalue weighted by atomic mass is 32.2. The molecule has 0 bridgehead atoms. The van der Waals surface area contributed by atoms with E-state index in [1.165, 1.54) is 12.8 Å². The molecule has 31 heavy (non-hydrogen) atoms. The molecule has 3 aromatic rings. The third-order valence-electron chi connectivity index (χ3n) is 5.60. The SMILES string of the molecule is CC(C)(C)c1nn(C2CCCC2)cc1S(=O)(=O)Nc1ccc(Nc2ccccc2)cc1. The summed E-state index contributed by atoms with van der Waals surface area (Å²) >= 11 is 0. The van der Waals surface area contributed by atoms with Gasteiger partial charge in [0.2, 0.25) is 0 Å². The van der Waals surface area contributed by atoms with Gasteiger partial charge in [-0.25, -0.2) is 8.42 Å². The lowest BCUT2D eigenvalue weighted by Crippen LogP contribution is -2.20. The van der Waals surface area contributed by atoms with Crippen molar-refractivity contribution >= 4 is 27.1 Å². The lowest BCUT2D eigenvalue weighted by atomic mass is 9.92. The van der Waals surface area contributed by atoms with Crippen molar-refractivity contribution in [3.8, 4) is 0 Å². The molecule has 2 aromatic carbocycles. The number of aromatic nitrogens is 2. The monoisotopic (exact) mass is 438 g/mol. The summed E-state index contributed by atoms with van der Waals surface area (Å²) in [6.07, 6.45) is 6.14. The summed E-state index contributed by atoms with van der Waals surface area (Å²) in [5.41, 5.74) is 2.61. The van der Waals surface area contributed by atoms with Crippen LogP contribution < -0.4 is 10.0 Å². The van der Waals surface area contributed by atoms with Gasteiger partial charge in [0.05, 0.1) is 11.7 Å². The van der Waals surface area contributed by atoms with Crippen LogP contribution in [0.2, 0.25) is 0 Å². The van der Waals surface area contributed by atoms with E-state index in [1.54, 1.807) is 18.3 Å². The maximum atomic E-state index is 13.3. The van der Waals surface area contributed by atoms with Gasteiger partial charge >= 0.3 is 0 Å². The fourth-order valence-electron chi connectivity index (χ4n) is 3.97. The zero-order chi connectivity index (χ0) is 22.1. The van der Waals surface area contributed by atoms with Crippen molar-refractivity contribution < 1.29 is 8.42 Å². The number of rotatable bonds is 6. The average molecular weight is 439 g/mol. The molecule has 1 heterocycles. The number of benzene rings is 2. The number of anilines is 3. The maximum Gasteiger partial charge on any atom is 0.265 e. The van der Waals surface area contributed by atoms with Crippen molar-refractivity contribution in [3.05, 3.63) is 66.5 Å². The molecule has 4 rings (SSSR count). The Balaban J connectivity index is 1.57. The van der Waals surface area contributed by atoms with Crippen LogP contribution in [0.25, 0.3) is 0 Å². The van der Waals surface area contributed by atoms with Gasteiger partial charge in [0.15, 0.2) is 0 Å². The highest BCUT2D eigenvalue weighted by Gasteiger charge is 2.32. The summed E-state index contributed by atoms with van der Waals surface area (Å²) in [6, 6.07) is 17.4. The lowest BCUT2D eigenvalue weighted by molar-refractivity contribution is 0.448. The normalized spacial score (nSPS) is 15.2. The fourth-order valence-corrected chi connectivity index (χ4v) is 5.37. The molecule has 1 aromatic heterocycles. The summed E-state index contributed by atoms with van der Waals surface area (Å²) in [4.78, 5) is 0.262. The van der Waals surface area contributed by atoms with E-state index in [2.05, 4.69) is 10.0 Å². The van der Waals surface area contributed by atoms with Crippen LogP contribution in [-0.4, -0.2) is 18.2 Å². The second-order valence-corrected chi connectivity index (χ2v) is 10.8. The summed E-state index contributed by atoms with van der Waals surface area (Å²) < 4.78 is 31.2. The molecule has 2 N–H and O–H groups in total. The summed E-state index contributed by atoms with van der Waals surface area (Å²) in [5, 5.41) is 8.02. The van der Waals surface area contributed by atoms with Crippen LogP contribution in [0.4, 0.5) is 17.1 Å². The largest absolute Gasteiger partial charge is 0.356 e. The third-order valence-corrected chi connectivity index (χ3v) is 6.98. The maximum absolute atomic E-state index is 13.3. The molecule has 0 unspecified atom stereocenters. The average Bonchev–Trinajstić information content (AvgIpc) is 3.40. The van der Waals surface area contributed by atoms with Crippen molar-refractivity contribution in [1.29, 1.82) is 0 Å². The first-order valence-electron chi connectivity index (χ1n) is 10.8. The van der Waals surface area contributed by atoms with Gasteiger partial charge in [0, 0.05) is 28.7 Å². The molecule has 1 fully saturated rings. The molecular weight excluding hydrogens is 408 g/mol. The number of hydrogen-bond acceptors (Lipinski definition) is 4. The van der Waals surface area contributed by atoms with Gasteiger partial charge in [-0.2, -0.15) is 5.10 Å². The minimum absolute atomic E-state index is 0.262. The van der Waals surface area contributed by atoms with E-state index < -0.39 is 10.0 Å². The van der Waals surface area contributed by atoms with Gasteiger partial charge in [0.1, 0.15) is 4.90 Å². The number of para-hydroxylation sites is 1. The first kappa shape index (κ1) is 21.4. The smallest absolute Gasteiger partial charge is 0.265 e. The first-order chi connectivity index (χ1) is 14.7. The van der Waals surface area contributed by atoms with Gasteiger partial charge in [-0.15, -0.1) is 0 Å². The number of sulfonamides is 1. The second kappa shape index (κ2) is 8.38. The predicted octanol–water partition coefficient (Wildman–Crippen LogP) is 5.84. The van der Waals surface area contributed by atoms with Crippen LogP contribution in [0.5, 0.6) is 0 Å². The van der Waals surface area contributed by atoms with E-state index in [0.717, 1.165) is 24.2 Å². The molecule has 0 spiro atoms. The Labute approximate surface area is 184 Å². The fraction of sp³-hybridized carbons (Fsp3) is 0.375. The predicted molar refractivity (Wildman–Crippen MR) is 125 cm³/mol. The summed E-state index contributed by atoms with van der Waals surface area (Å²) in [5.74, 6) is 0. The van der Waals surface area contributed by atoms with E-state index >= 15 is 0 Å². The highest BCUT2D eigenvalue weighted by Crippen LogP contribution is 2.34.